The lowest BCUT2D eigenvalue weighted by Gasteiger charge is -2.28. The van der Waals surface area contributed by atoms with E-state index >= 15 is 0 Å². The third kappa shape index (κ3) is 5.06. The minimum absolute atomic E-state index is 0.0179. The van der Waals surface area contributed by atoms with E-state index in [2.05, 4.69) is 38.8 Å². The predicted molar refractivity (Wildman–Crippen MR) is 106 cm³/mol. The summed E-state index contributed by atoms with van der Waals surface area (Å²) in [6, 6.07) is 6.26. The molecule has 0 unspecified atom stereocenters. The van der Waals surface area contributed by atoms with Gasteiger partial charge in [0.05, 0.1) is 6.20 Å². The minimum Gasteiger partial charge on any atom is -0.352 e. The Labute approximate surface area is 164 Å². The van der Waals surface area contributed by atoms with Crippen molar-refractivity contribution in [3.63, 3.8) is 0 Å². The third-order valence-electron chi connectivity index (χ3n) is 5.30. The molecule has 0 radical (unpaired) electrons. The summed E-state index contributed by atoms with van der Waals surface area (Å²) < 4.78 is 0. The molecule has 1 fully saturated rings. The van der Waals surface area contributed by atoms with Gasteiger partial charge in [-0.25, -0.2) is 4.98 Å². The Morgan fingerprint density at radius 1 is 1.18 bits per heavy atom. The summed E-state index contributed by atoms with van der Waals surface area (Å²) in [5.41, 5.74) is 3.34. The van der Waals surface area contributed by atoms with Crippen molar-refractivity contribution in [2.75, 3.05) is 0 Å². The van der Waals surface area contributed by atoms with E-state index in [-0.39, 0.29) is 35.0 Å². The summed E-state index contributed by atoms with van der Waals surface area (Å²) >= 11 is 0. The Morgan fingerprint density at radius 2 is 1.93 bits per heavy atom. The van der Waals surface area contributed by atoms with Gasteiger partial charge < -0.3 is 15.6 Å². The average Bonchev–Trinajstić information content (AvgIpc) is 2.69. The molecule has 7 heteroatoms. The number of aryl methyl sites for hydroxylation is 2. The lowest BCUT2D eigenvalue weighted by atomic mass is 9.85. The summed E-state index contributed by atoms with van der Waals surface area (Å²) in [6.07, 6.45) is 5.37. The highest BCUT2D eigenvalue weighted by molar-refractivity contribution is 5.92. The first kappa shape index (κ1) is 19.8. The van der Waals surface area contributed by atoms with Gasteiger partial charge in [-0.15, -0.1) is 0 Å². The molecule has 0 bridgehead atoms. The second-order valence-electron chi connectivity index (χ2n) is 7.47. The van der Waals surface area contributed by atoms with Crippen LogP contribution in [0, 0.1) is 19.8 Å². The van der Waals surface area contributed by atoms with Crippen molar-refractivity contribution in [1.82, 2.24) is 20.6 Å². The van der Waals surface area contributed by atoms with Crippen LogP contribution >= 0.6 is 0 Å². The maximum Gasteiger partial charge on any atom is 0.271 e. The molecule has 1 saturated carbocycles. The number of aromatic amines is 1. The number of aromatic nitrogens is 2. The second kappa shape index (κ2) is 8.82. The van der Waals surface area contributed by atoms with Gasteiger partial charge in [0.2, 0.25) is 5.91 Å². The van der Waals surface area contributed by atoms with Crippen molar-refractivity contribution in [2.24, 2.45) is 5.92 Å². The highest BCUT2D eigenvalue weighted by atomic mass is 16.2. The molecule has 2 amide bonds. The highest BCUT2D eigenvalue weighted by Crippen LogP contribution is 2.25. The second-order valence-corrected chi connectivity index (χ2v) is 7.47. The number of amides is 2. The number of nitrogens with zero attached hydrogens (tertiary/aromatic N) is 1. The molecule has 0 atom stereocenters. The summed E-state index contributed by atoms with van der Waals surface area (Å²) in [6.45, 7) is 4.63. The van der Waals surface area contributed by atoms with E-state index in [9.17, 15) is 14.4 Å². The van der Waals surface area contributed by atoms with Gasteiger partial charge in [0.15, 0.2) is 0 Å². The number of nitrogens with one attached hydrogen (secondary N) is 3. The Hall–Kier alpha value is -2.96. The maximum absolute atomic E-state index is 12.5. The lowest BCUT2D eigenvalue weighted by molar-refractivity contribution is -0.126. The van der Waals surface area contributed by atoms with Crippen LogP contribution in [0.1, 0.15) is 52.9 Å². The van der Waals surface area contributed by atoms with Crippen LogP contribution < -0.4 is 16.2 Å². The van der Waals surface area contributed by atoms with Crippen molar-refractivity contribution in [3.8, 4) is 0 Å². The van der Waals surface area contributed by atoms with Gasteiger partial charge in [0, 0.05) is 24.7 Å². The summed E-state index contributed by atoms with van der Waals surface area (Å²) in [5, 5.41) is 5.98. The van der Waals surface area contributed by atoms with Crippen molar-refractivity contribution < 1.29 is 9.59 Å². The van der Waals surface area contributed by atoms with Crippen molar-refractivity contribution in [2.45, 2.75) is 52.1 Å². The smallest absolute Gasteiger partial charge is 0.271 e. The van der Waals surface area contributed by atoms with Gasteiger partial charge in [0.25, 0.3) is 11.5 Å². The van der Waals surface area contributed by atoms with Crippen LogP contribution in [0.5, 0.6) is 0 Å². The Bertz CT molecular complexity index is 894. The topological polar surface area (TPSA) is 104 Å². The predicted octanol–water partition coefficient (Wildman–Crippen LogP) is 1.99. The number of carbonyl (C=O) groups is 2. The van der Waals surface area contributed by atoms with Crippen LogP contribution in [0.3, 0.4) is 0 Å². The standard InChI is InChI=1S/C21H26N4O3/c1-13-3-4-14(2)16(9-13)10-24-20(27)15-5-7-17(8-6-15)25-21(28)18-11-23-19(26)12-22-18/h3-4,9,11-12,15,17H,5-8,10H2,1-2H3,(H,23,26)(H,24,27)(H,25,28). The number of carbonyl (C=O) groups excluding carboxylic acids is 2. The summed E-state index contributed by atoms with van der Waals surface area (Å²) in [5.74, 6) is -0.253. The molecule has 0 saturated heterocycles. The molecule has 0 spiro atoms. The van der Waals surface area contributed by atoms with Crippen LogP contribution in [0.4, 0.5) is 0 Å². The molecular weight excluding hydrogens is 356 g/mol. The number of hydrogen-bond acceptors (Lipinski definition) is 4. The van der Waals surface area contributed by atoms with Crippen LogP contribution in [0.15, 0.2) is 35.4 Å². The van der Waals surface area contributed by atoms with E-state index in [1.807, 2.05) is 13.8 Å². The molecule has 3 N–H and O–H groups in total. The van der Waals surface area contributed by atoms with Crippen molar-refractivity contribution in [1.29, 1.82) is 0 Å². The van der Waals surface area contributed by atoms with Gasteiger partial charge in [-0.3, -0.25) is 14.4 Å². The van der Waals surface area contributed by atoms with Gasteiger partial charge in [-0.05, 0) is 50.7 Å². The van der Waals surface area contributed by atoms with Crippen LogP contribution in [0.2, 0.25) is 0 Å². The molecule has 1 aliphatic carbocycles. The fraction of sp³-hybridized carbons (Fsp3) is 0.429. The average molecular weight is 382 g/mol. The van der Waals surface area contributed by atoms with Gasteiger partial charge in [-0.1, -0.05) is 23.8 Å². The largest absolute Gasteiger partial charge is 0.352 e. The van der Waals surface area contributed by atoms with E-state index in [0.717, 1.165) is 37.4 Å². The maximum atomic E-state index is 12.5. The molecule has 1 aliphatic rings. The van der Waals surface area contributed by atoms with Crippen molar-refractivity contribution in [3.05, 3.63) is 63.3 Å². The first-order valence-corrected chi connectivity index (χ1v) is 9.62. The van der Waals surface area contributed by atoms with Gasteiger partial charge >= 0.3 is 0 Å². The molecule has 3 rings (SSSR count). The Balaban J connectivity index is 1.46. The zero-order valence-corrected chi connectivity index (χ0v) is 16.2. The minimum atomic E-state index is -0.344. The number of hydrogen-bond donors (Lipinski definition) is 3. The molecule has 1 heterocycles. The summed E-state index contributed by atoms with van der Waals surface area (Å²) in [7, 11) is 0. The highest BCUT2D eigenvalue weighted by Gasteiger charge is 2.27. The molecular formula is C21H26N4O3. The summed E-state index contributed by atoms with van der Waals surface area (Å²) in [4.78, 5) is 42.0. The lowest BCUT2D eigenvalue weighted by Crippen LogP contribution is -2.41. The van der Waals surface area contributed by atoms with Gasteiger partial charge in [-0.2, -0.15) is 0 Å². The third-order valence-corrected chi connectivity index (χ3v) is 5.30. The van der Waals surface area contributed by atoms with E-state index in [4.69, 9.17) is 0 Å². The fourth-order valence-corrected chi connectivity index (χ4v) is 3.54. The fourth-order valence-electron chi connectivity index (χ4n) is 3.54. The Kier molecular flexibility index (Phi) is 6.23. The molecule has 28 heavy (non-hydrogen) atoms. The van der Waals surface area contributed by atoms with E-state index < -0.39 is 0 Å². The molecule has 1 aromatic carbocycles. The Morgan fingerprint density at radius 3 is 2.61 bits per heavy atom. The quantitative estimate of drug-likeness (QED) is 0.736. The van der Waals surface area contributed by atoms with E-state index in [1.165, 1.54) is 17.3 Å². The first-order chi connectivity index (χ1) is 13.4. The van der Waals surface area contributed by atoms with Crippen LogP contribution in [0.25, 0.3) is 0 Å². The van der Waals surface area contributed by atoms with E-state index in [0.29, 0.717) is 6.54 Å². The van der Waals surface area contributed by atoms with Gasteiger partial charge in [0.1, 0.15) is 5.69 Å². The zero-order valence-electron chi connectivity index (χ0n) is 16.2. The molecule has 148 valence electrons. The van der Waals surface area contributed by atoms with Crippen LogP contribution in [-0.4, -0.2) is 27.8 Å². The zero-order chi connectivity index (χ0) is 20.1. The number of benzene rings is 1. The normalized spacial score (nSPS) is 19.1. The molecule has 2 aromatic rings. The molecule has 0 aliphatic heterocycles. The number of rotatable bonds is 5. The first-order valence-electron chi connectivity index (χ1n) is 9.62. The number of H-pyrrole nitrogens is 1. The molecule has 1 aromatic heterocycles. The van der Waals surface area contributed by atoms with E-state index in [1.54, 1.807) is 0 Å². The van der Waals surface area contributed by atoms with Crippen molar-refractivity contribution >= 4 is 11.8 Å². The SMILES string of the molecule is Cc1ccc(C)c(CNC(=O)C2CCC(NC(=O)c3c[nH]c(=O)cn3)CC2)c1. The van der Waals surface area contributed by atoms with Crippen LogP contribution in [-0.2, 0) is 11.3 Å². The molecule has 7 nitrogen and oxygen atoms in total. The monoisotopic (exact) mass is 382 g/mol.